The maximum Gasteiger partial charge on any atom is 0.391 e. The van der Waals surface area contributed by atoms with Crippen molar-refractivity contribution in [3.63, 3.8) is 0 Å². The Morgan fingerprint density at radius 1 is 1.25 bits per heavy atom. The van der Waals surface area contributed by atoms with Gasteiger partial charge in [0.05, 0.1) is 18.1 Å². The van der Waals surface area contributed by atoms with Crippen LogP contribution < -0.4 is 5.32 Å². The maximum absolute atomic E-state index is 12.9. The van der Waals surface area contributed by atoms with E-state index in [9.17, 15) is 22.7 Å². The van der Waals surface area contributed by atoms with E-state index in [-0.39, 0.29) is 19.4 Å². The number of anilines is 1. The first-order chi connectivity index (χ1) is 9.35. The van der Waals surface area contributed by atoms with E-state index in [1.54, 1.807) is 0 Å². The van der Waals surface area contributed by atoms with Gasteiger partial charge in [-0.15, -0.1) is 0 Å². The monoisotopic (exact) mass is 291 g/mol. The molecule has 0 heterocycles. The zero-order valence-corrected chi connectivity index (χ0v) is 10.9. The molecule has 1 aromatic carbocycles. The van der Waals surface area contributed by atoms with Crippen LogP contribution in [-0.4, -0.2) is 23.4 Å². The third-order valence-corrected chi connectivity index (χ3v) is 3.86. The van der Waals surface area contributed by atoms with Crippen molar-refractivity contribution >= 4 is 5.69 Å². The van der Waals surface area contributed by atoms with E-state index in [0.29, 0.717) is 18.5 Å². The van der Waals surface area contributed by atoms with Gasteiger partial charge >= 0.3 is 6.18 Å². The van der Waals surface area contributed by atoms with Crippen molar-refractivity contribution in [1.82, 2.24) is 0 Å². The highest BCUT2D eigenvalue weighted by molar-refractivity contribution is 5.45. The quantitative estimate of drug-likeness (QED) is 0.832. The highest BCUT2D eigenvalue weighted by atomic mass is 19.4. The number of halogens is 4. The number of rotatable bonds is 3. The van der Waals surface area contributed by atoms with Crippen molar-refractivity contribution in [3.8, 4) is 0 Å². The molecule has 6 heteroatoms. The standard InChI is InChI=1S/C14H17F4NO/c15-11-3-5-12(6-4-11)19-13(9-20)7-1-2-10(8-13)14(16,17)18/h3-6,10,19-20H,1-2,7-9H2. The van der Waals surface area contributed by atoms with Crippen LogP contribution in [-0.2, 0) is 0 Å². The number of hydrogen-bond donors (Lipinski definition) is 2. The number of aliphatic hydroxyl groups is 1. The first-order valence-electron chi connectivity index (χ1n) is 6.56. The summed E-state index contributed by atoms with van der Waals surface area (Å²) in [6, 6.07) is 5.39. The SMILES string of the molecule is OCC1(Nc2ccc(F)cc2)CCCC(C(F)(F)F)C1. The summed E-state index contributed by atoms with van der Waals surface area (Å²) < 4.78 is 51.4. The second-order valence-corrected chi connectivity index (χ2v) is 5.41. The molecule has 0 aliphatic heterocycles. The fraction of sp³-hybridized carbons (Fsp3) is 0.571. The first-order valence-corrected chi connectivity index (χ1v) is 6.56. The lowest BCUT2D eigenvalue weighted by atomic mass is 9.75. The van der Waals surface area contributed by atoms with Gasteiger partial charge in [-0.25, -0.2) is 4.39 Å². The first kappa shape index (κ1) is 15.1. The minimum absolute atomic E-state index is 0.0936. The summed E-state index contributed by atoms with van der Waals surface area (Å²) in [5.74, 6) is -1.82. The predicted molar refractivity (Wildman–Crippen MR) is 67.9 cm³/mol. The van der Waals surface area contributed by atoms with Gasteiger partial charge in [-0.05, 0) is 43.5 Å². The fourth-order valence-corrected chi connectivity index (χ4v) is 2.78. The predicted octanol–water partition coefficient (Wildman–Crippen LogP) is 3.72. The van der Waals surface area contributed by atoms with Crippen molar-refractivity contribution in [3.05, 3.63) is 30.1 Å². The van der Waals surface area contributed by atoms with Gasteiger partial charge in [0.15, 0.2) is 0 Å². The van der Waals surface area contributed by atoms with Crippen LogP contribution in [0, 0.1) is 11.7 Å². The molecule has 2 rings (SSSR count). The summed E-state index contributed by atoms with van der Waals surface area (Å²) >= 11 is 0. The van der Waals surface area contributed by atoms with Crippen molar-refractivity contribution < 1.29 is 22.7 Å². The lowest BCUT2D eigenvalue weighted by molar-refractivity contribution is -0.187. The van der Waals surface area contributed by atoms with Gasteiger partial charge in [0, 0.05) is 5.69 Å². The topological polar surface area (TPSA) is 32.3 Å². The van der Waals surface area contributed by atoms with Gasteiger partial charge in [-0.2, -0.15) is 13.2 Å². The molecule has 1 aliphatic carbocycles. The molecule has 2 unspecified atom stereocenters. The average Bonchev–Trinajstić information content (AvgIpc) is 2.41. The van der Waals surface area contributed by atoms with Crippen LogP contribution in [0.25, 0.3) is 0 Å². The highest BCUT2D eigenvalue weighted by Crippen LogP contribution is 2.42. The number of aliphatic hydroxyl groups excluding tert-OH is 1. The summed E-state index contributed by atoms with van der Waals surface area (Å²) in [6.45, 7) is -0.378. The lowest BCUT2D eigenvalue weighted by Crippen LogP contribution is -2.48. The zero-order valence-electron chi connectivity index (χ0n) is 10.9. The molecule has 1 fully saturated rings. The second kappa shape index (κ2) is 5.60. The van der Waals surface area contributed by atoms with Crippen LogP contribution in [0.2, 0.25) is 0 Å². The summed E-state index contributed by atoms with van der Waals surface area (Å²) in [5.41, 5.74) is -0.473. The Hall–Kier alpha value is -1.30. The average molecular weight is 291 g/mol. The van der Waals surface area contributed by atoms with Crippen LogP contribution in [0.3, 0.4) is 0 Å². The molecule has 0 spiro atoms. The number of alkyl halides is 3. The Morgan fingerprint density at radius 3 is 2.45 bits per heavy atom. The summed E-state index contributed by atoms with van der Waals surface area (Å²) in [4.78, 5) is 0. The third-order valence-electron chi connectivity index (χ3n) is 3.86. The van der Waals surface area contributed by atoms with E-state index in [2.05, 4.69) is 5.32 Å². The maximum atomic E-state index is 12.9. The third kappa shape index (κ3) is 3.42. The Bertz CT molecular complexity index is 445. The molecule has 20 heavy (non-hydrogen) atoms. The molecule has 2 N–H and O–H groups in total. The number of nitrogens with one attached hydrogen (secondary N) is 1. The molecule has 112 valence electrons. The van der Waals surface area contributed by atoms with Crippen LogP contribution in [0.5, 0.6) is 0 Å². The van der Waals surface area contributed by atoms with Crippen LogP contribution in [0.15, 0.2) is 24.3 Å². The second-order valence-electron chi connectivity index (χ2n) is 5.41. The normalized spacial score (nSPS) is 27.4. The molecule has 1 saturated carbocycles. The molecule has 0 radical (unpaired) electrons. The van der Waals surface area contributed by atoms with Gasteiger partial charge in [-0.3, -0.25) is 0 Å². The molecule has 0 aromatic heterocycles. The molecular formula is C14H17F4NO. The van der Waals surface area contributed by atoms with E-state index in [0.717, 1.165) is 0 Å². The molecular weight excluding hydrogens is 274 g/mol. The van der Waals surface area contributed by atoms with Gasteiger partial charge in [0.25, 0.3) is 0 Å². The van der Waals surface area contributed by atoms with Gasteiger partial charge in [-0.1, -0.05) is 6.42 Å². The Labute approximate surface area is 114 Å². The number of benzene rings is 1. The summed E-state index contributed by atoms with van der Waals surface area (Å²) in [7, 11) is 0. The lowest BCUT2D eigenvalue weighted by Gasteiger charge is -2.41. The van der Waals surface area contributed by atoms with Crippen LogP contribution >= 0.6 is 0 Å². The molecule has 1 aromatic rings. The van der Waals surface area contributed by atoms with Gasteiger partial charge in [0.2, 0.25) is 0 Å². The number of hydrogen-bond acceptors (Lipinski definition) is 2. The molecule has 0 saturated heterocycles. The molecule has 2 nitrogen and oxygen atoms in total. The molecule has 2 atom stereocenters. The Balaban J connectivity index is 2.14. The van der Waals surface area contributed by atoms with E-state index in [1.165, 1.54) is 24.3 Å². The van der Waals surface area contributed by atoms with Gasteiger partial charge in [0.1, 0.15) is 5.82 Å². The molecule has 1 aliphatic rings. The summed E-state index contributed by atoms with van der Waals surface area (Å²) in [5, 5.41) is 12.5. The van der Waals surface area contributed by atoms with Crippen LogP contribution in [0.1, 0.15) is 25.7 Å². The van der Waals surface area contributed by atoms with Crippen LogP contribution in [0.4, 0.5) is 23.2 Å². The Kier molecular flexibility index (Phi) is 4.22. The van der Waals surface area contributed by atoms with Crippen molar-refractivity contribution in [1.29, 1.82) is 0 Å². The summed E-state index contributed by atoms with van der Waals surface area (Å²) in [6.07, 6.45) is -3.45. The highest BCUT2D eigenvalue weighted by Gasteiger charge is 2.47. The largest absolute Gasteiger partial charge is 0.394 e. The van der Waals surface area contributed by atoms with E-state index in [4.69, 9.17) is 0 Å². The van der Waals surface area contributed by atoms with Crippen molar-refractivity contribution in [2.24, 2.45) is 5.92 Å². The zero-order chi connectivity index (χ0) is 14.8. The van der Waals surface area contributed by atoms with E-state index < -0.39 is 23.5 Å². The Morgan fingerprint density at radius 2 is 1.90 bits per heavy atom. The van der Waals surface area contributed by atoms with E-state index >= 15 is 0 Å². The molecule has 0 bridgehead atoms. The fourth-order valence-electron chi connectivity index (χ4n) is 2.78. The van der Waals surface area contributed by atoms with Crippen molar-refractivity contribution in [2.45, 2.75) is 37.4 Å². The smallest absolute Gasteiger partial charge is 0.391 e. The molecule has 0 amide bonds. The minimum atomic E-state index is -4.24. The van der Waals surface area contributed by atoms with E-state index in [1.807, 2.05) is 0 Å². The van der Waals surface area contributed by atoms with Crippen molar-refractivity contribution in [2.75, 3.05) is 11.9 Å². The minimum Gasteiger partial charge on any atom is -0.394 e. The van der Waals surface area contributed by atoms with Gasteiger partial charge < -0.3 is 10.4 Å².